The van der Waals surface area contributed by atoms with Gasteiger partial charge in [-0.3, -0.25) is 9.10 Å². The van der Waals surface area contributed by atoms with E-state index in [0.29, 0.717) is 35.1 Å². The molecule has 3 aromatic carbocycles. The first-order valence-corrected chi connectivity index (χ1v) is 13.1. The van der Waals surface area contributed by atoms with E-state index < -0.39 is 22.5 Å². The summed E-state index contributed by atoms with van der Waals surface area (Å²) in [5.41, 5.74) is 3.25. The third-order valence-electron chi connectivity index (χ3n) is 4.95. The van der Waals surface area contributed by atoms with Crippen LogP contribution < -0.4 is 23.9 Å². The van der Waals surface area contributed by atoms with Crippen LogP contribution in [0, 0.1) is 0 Å². The van der Waals surface area contributed by atoms with E-state index in [1.165, 1.54) is 32.6 Å². The number of carbonyl (C=O) groups excluding carboxylic acids is 1. The zero-order chi connectivity index (χ0) is 26.1. The number of sulfonamides is 1. The third kappa shape index (κ3) is 6.76. The van der Waals surface area contributed by atoms with Gasteiger partial charge < -0.3 is 14.2 Å². The van der Waals surface area contributed by atoms with Gasteiger partial charge in [0, 0.05) is 10.0 Å². The lowest BCUT2D eigenvalue weighted by Gasteiger charge is -2.24. The molecule has 1 amide bonds. The Bertz CT molecular complexity index is 1310. The molecule has 0 unspecified atom stereocenters. The Balaban J connectivity index is 1.85. The van der Waals surface area contributed by atoms with Crippen molar-refractivity contribution in [2.75, 3.05) is 31.7 Å². The fraction of sp³-hybridized carbons (Fsp3) is 0.200. The molecule has 0 saturated carbocycles. The Morgan fingerprint density at radius 1 is 1.00 bits per heavy atom. The van der Waals surface area contributed by atoms with E-state index in [4.69, 9.17) is 14.2 Å². The highest BCUT2D eigenvalue weighted by Gasteiger charge is 2.27. The van der Waals surface area contributed by atoms with Gasteiger partial charge in [0.25, 0.3) is 15.9 Å². The van der Waals surface area contributed by atoms with E-state index in [2.05, 4.69) is 26.5 Å². The topological polar surface area (TPSA) is 107 Å². The van der Waals surface area contributed by atoms with Gasteiger partial charge in [-0.05, 0) is 73.7 Å². The van der Waals surface area contributed by atoms with Gasteiger partial charge in [0.15, 0.2) is 0 Å². The van der Waals surface area contributed by atoms with Crippen molar-refractivity contribution >= 4 is 43.8 Å². The van der Waals surface area contributed by atoms with Gasteiger partial charge in [-0.25, -0.2) is 13.8 Å². The lowest BCUT2D eigenvalue weighted by Crippen LogP contribution is -2.39. The van der Waals surface area contributed by atoms with Crippen molar-refractivity contribution in [3.8, 4) is 17.2 Å². The zero-order valence-corrected chi connectivity index (χ0v) is 22.4. The molecule has 0 aromatic heterocycles. The molecule has 9 nitrogen and oxygen atoms in total. The van der Waals surface area contributed by atoms with Gasteiger partial charge in [0.05, 0.1) is 37.6 Å². The summed E-state index contributed by atoms with van der Waals surface area (Å²) in [7, 11) is -1.02. The van der Waals surface area contributed by atoms with Crippen LogP contribution in [-0.2, 0) is 14.8 Å². The number of hydrogen-bond donors (Lipinski definition) is 1. The Hall–Kier alpha value is -3.57. The van der Waals surface area contributed by atoms with Crippen molar-refractivity contribution in [3.63, 3.8) is 0 Å². The van der Waals surface area contributed by atoms with E-state index in [9.17, 15) is 13.2 Å². The number of amides is 1. The molecule has 3 aromatic rings. The highest BCUT2D eigenvalue weighted by molar-refractivity contribution is 9.10. The molecule has 0 fully saturated rings. The predicted molar refractivity (Wildman–Crippen MR) is 142 cm³/mol. The quantitative estimate of drug-likeness (QED) is 0.271. The molecular weight excluding hydrogens is 550 g/mol. The Labute approximate surface area is 218 Å². The first-order valence-electron chi connectivity index (χ1n) is 10.8. The maximum Gasteiger partial charge on any atom is 0.264 e. The largest absolute Gasteiger partial charge is 0.497 e. The number of nitrogens with one attached hydrogen (secondary N) is 1. The predicted octanol–water partition coefficient (Wildman–Crippen LogP) is 4.21. The summed E-state index contributed by atoms with van der Waals surface area (Å²) < 4.78 is 44.6. The Kier molecular flexibility index (Phi) is 9.31. The molecule has 0 spiro atoms. The maximum absolute atomic E-state index is 13.5. The van der Waals surface area contributed by atoms with Crippen molar-refractivity contribution in [2.24, 2.45) is 5.10 Å². The second-order valence-corrected chi connectivity index (χ2v) is 10.1. The van der Waals surface area contributed by atoms with Crippen molar-refractivity contribution in [3.05, 3.63) is 76.8 Å². The highest BCUT2D eigenvalue weighted by atomic mass is 79.9. The molecular formula is C25H26BrN3O6S. The van der Waals surface area contributed by atoms with Gasteiger partial charge in [-0.2, -0.15) is 5.10 Å². The SMILES string of the molecule is CCOc1ccc(N(CC(=O)N/N=C\c2cc(OC)ccc2OC)S(=O)(=O)c2ccc(Br)cc2)cc1. The lowest BCUT2D eigenvalue weighted by molar-refractivity contribution is -0.119. The molecule has 0 aliphatic heterocycles. The van der Waals surface area contributed by atoms with Crippen molar-refractivity contribution in [1.29, 1.82) is 0 Å². The van der Waals surface area contributed by atoms with Crippen LogP contribution in [0.1, 0.15) is 12.5 Å². The molecule has 0 saturated heterocycles. The molecule has 0 atom stereocenters. The standard InChI is InChI=1S/C25H26BrN3O6S/c1-4-35-21-9-7-20(8-10-21)29(36(31,32)23-12-5-19(26)6-13-23)17-25(30)28-27-16-18-15-22(33-2)11-14-24(18)34-3/h5-16H,4,17H2,1-3H3,(H,28,30)/b27-16-. The van der Waals surface area contributed by atoms with Crippen molar-refractivity contribution in [1.82, 2.24) is 5.43 Å². The summed E-state index contributed by atoms with van der Waals surface area (Å²) >= 11 is 3.30. The van der Waals surface area contributed by atoms with E-state index in [0.717, 1.165) is 8.78 Å². The van der Waals surface area contributed by atoms with Crippen LogP contribution in [0.5, 0.6) is 17.2 Å². The van der Waals surface area contributed by atoms with Crippen molar-refractivity contribution < 1.29 is 27.4 Å². The lowest BCUT2D eigenvalue weighted by atomic mass is 10.2. The average Bonchev–Trinajstić information content (AvgIpc) is 2.88. The summed E-state index contributed by atoms with van der Waals surface area (Å²) in [6.45, 7) is 1.82. The van der Waals surface area contributed by atoms with Crippen LogP contribution in [0.4, 0.5) is 5.69 Å². The molecule has 190 valence electrons. The molecule has 0 bridgehead atoms. The molecule has 36 heavy (non-hydrogen) atoms. The first kappa shape index (κ1) is 27.0. The molecule has 0 aliphatic carbocycles. The number of carbonyl (C=O) groups is 1. The number of halogens is 1. The van der Waals surface area contributed by atoms with E-state index in [1.54, 1.807) is 54.6 Å². The van der Waals surface area contributed by atoms with E-state index in [1.807, 2.05) is 6.92 Å². The molecule has 0 aliphatic rings. The zero-order valence-electron chi connectivity index (χ0n) is 20.0. The summed E-state index contributed by atoms with van der Waals surface area (Å²) in [5.74, 6) is 1.07. The Morgan fingerprint density at radius 3 is 2.28 bits per heavy atom. The number of methoxy groups -OCH3 is 2. The maximum atomic E-state index is 13.5. The third-order valence-corrected chi connectivity index (χ3v) is 7.27. The van der Waals surface area contributed by atoms with Gasteiger partial charge >= 0.3 is 0 Å². The van der Waals surface area contributed by atoms with Gasteiger partial charge in [-0.15, -0.1) is 0 Å². The van der Waals surface area contributed by atoms with Gasteiger partial charge in [-0.1, -0.05) is 15.9 Å². The van der Waals surface area contributed by atoms with Crippen molar-refractivity contribution in [2.45, 2.75) is 11.8 Å². The second kappa shape index (κ2) is 12.4. The van der Waals surface area contributed by atoms with Crippen LogP contribution >= 0.6 is 15.9 Å². The monoisotopic (exact) mass is 575 g/mol. The number of hydrogen-bond acceptors (Lipinski definition) is 7. The van der Waals surface area contributed by atoms with Gasteiger partial charge in [0.1, 0.15) is 23.8 Å². The molecule has 1 N–H and O–H groups in total. The second-order valence-electron chi connectivity index (χ2n) is 7.29. The summed E-state index contributed by atoms with van der Waals surface area (Å²) in [6, 6.07) is 17.8. The molecule has 0 radical (unpaired) electrons. The molecule has 11 heteroatoms. The number of rotatable bonds is 11. The number of hydrazone groups is 1. The summed E-state index contributed by atoms with van der Waals surface area (Å²) in [4.78, 5) is 12.8. The fourth-order valence-corrected chi connectivity index (χ4v) is 4.89. The van der Waals surface area contributed by atoms with Crippen LogP contribution in [0.15, 0.2) is 81.2 Å². The minimum Gasteiger partial charge on any atom is -0.497 e. The minimum absolute atomic E-state index is 0.0389. The van der Waals surface area contributed by atoms with Crippen LogP contribution in [0.25, 0.3) is 0 Å². The Morgan fingerprint density at radius 2 is 1.67 bits per heavy atom. The van der Waals surface area contributed by atoms with Crippen LogP contribution in [0.2, 0.25) is 0 Å². The molecule has 3 rings (SSSR count). The smallest absolute Gasteiger partial charge is 0.264 e. The first-order chi connectivity index (χ1) is 17.3. The average molecular weight is 576 g/mol. The number of anilines is 1. The number of benzene rings is 3. The van der Waals surface area contributed by atoms with Crippen LogP contribution in [-0.4, -0.2) is 47.9 Å². The fourth-order valence-electron chi connectivity index (χ4n) is 3.20. The minimum atomic E-state index is -4.07. The number of ether oxygens (including phenoxy) is 3. The summed E-state index contributed by atoms with van der Waals surface area (Å²) in [6.07, 6.45) is 1.39. The van der Waals surface area contributed by atoms with Crippen LogP contribution in [0.3, 0.4) is 0 Å². The summed E-state index contributed by atoms with van der Waals surface area (Å²) in [5, 5.41) is 3.97. The van der Waals surface area contributed by atoms with E-state index in [-0.39, 0.29) is 4.90 Å². The normalized spacial score (nSPS) is 11.2. The van der Waals surface area contributed by atoms with E-state index >= 15 is 0 Å². The molecule has 0 heterocycles. The number of nitrogens with zero attached hydrogens (tertiary/aromatic N) is 2. The van der Waals surface area contributed by atoms with Gasteiger partial charge in [0.2, 0.25) is 0 Å². The highest BCUT2D eigenvalue weighted by Crippen LogP contribution is 2.27.